The summed E-state index contributed by atoms with van der Waals surface area (Å²) in [5, 5.41) is 2.87. The van der Waals surface area contributed by atoms with Crippen LogP contribution in [0.15, 0.2) is 69.4 Å². The smallest absolute Gasteiger partial charge is 0.251 e. The van der Waals surface area contributed by atoms with Crippen molar-refractivity contribution in [1.29, 1.82) is 0 Å². The number of benzene rings is 2. The van der Waals surface area contributed by atoms with Crippen molar-refractivity contribution in [3.05, 3.63) is 70.6 Å². The molecule has 7 nitrogen and oxygen atoms in total. The minimum absolute atomic E-state index is 0.201. The van der Waals surface area contributed by atoms with Crippen LogP contribution < -0.4 is 20.3 Å². The lowest BCUT2D eigenvalue weighted by molar-refractivity contribution is -0.115. The molecule has 0 fully saturated rings. The Labute approximate surface area is 195 Å². The number of hydrogen-bond donors (Lipinski definition) is 2. The quantitative estimate of drug-likeness (QED) is 0.330. The molecule has 3 rings (SSSR count). The lowest BCUT2D eigenvalue weighted by Crippen LogP contribution is -2.25. The van der Waals surface area contributed by atoms with Gasteiger partial charge in [0.15, 0.2) is 5.16 Å². The number of aromatic amines is 1. The summed E-state index contributed by atoms with van der Waals surface area (Å²) in [6.07, 6.45) is 0.557. The molecule has 1 amide bonds. The third-order valence-corrected chi connectivity index (χ3v) is 6.78. The van der Waals surface area contributed by atoms with Crippen LogP contribution in [0, 0.1) is 0 Å². The molecule has 1 atom stereocenters. The third-order valence-electron chi connectivity index (χ3n) is 4.49. The molecule has 0 radical (unpaired) electrons. The number of nitrogens with one attached hydrogen (secondary N) is 2. The van der Waals surface area contributed by atoms with Crippen LogP contribution in [0.5, 0.6) is 11.5 Å². The third kappa shape index (κ3) is 6.54. The summed E-state index contributed by atoms with van der Waals surface area (Å²) in [6.45, 7) is 1.91. The highest BCUT2D eigenvalue weighted by molar-refractivity contribution is 8.00. The first kappa shape index (κ1) is 23.7. The zero-order valence-corrected chi connectivity index (χ0v) is 19.7. The Morgan fingerprint density at radius 3 is 2.59 bits per heavy atom. The number of carbonyl (C=O) groups excluding carboxylic acids is 1. The van der Waals surface area contributed by atoms with Gasteiger partial charge in [0, 0.05) is 22.8 Å². The van der Waals surface area contributed by atoms with E-state index in [1.807, 2.05) is 37.3 Å². The normalized spacial score (nSPS) is 11.6. The predicted molar refractivity (Wildman–Crippen MR) is 129 cm³/mol. The first-order valence-corrected chi connectivity index (χ1v) is 11.9. The van der Waals surface area contributed by atoms with Crippen LogP contribution in [-0.2, 0) is 10.5 Å². The Balaban J connectivity index is 1.70. The fraction of sp³-hybridized carbons (Fsp3) is 0.261. The SMILES string of the molecule is CCC(Sc1nc(CSc2ccccc2)cc(=O)[nH]1)C(=O)Nc1ccc(OC)cc1OC. The summed E-state index contributed by atoms with van der Waals surface area (Å²) in [5.74, 6) is 1.50. The molecule has 0 aliphatic heterocycles. The molecule has 0 saturated heterocycles. The van der Waals surface area contributed by atoms with Crippen LogP contribution in [0.1, 0.15) is 19.0 Å². The molecule has 168 valence electrons. The molecule has 0 spiro atoms. The Bertz CT molecular complexity index is 1110. The molecular formula is C23H25N3O4S2. The molecule has 32 heavy (non-hydrogen) atoms. The Morgan fingerprint density at radius 2 is 1.91 bits per heavy atom. The van der Waals surface area contributed by atoms with Crippen LogP contribution in [0.25, 0.3) is 0 Å². The second kappa shape index (κ2) is 11.6. The van der Waals surface area contributed by atoms with Crippen molar-refractivity contribution < 1.29 is 14.3 Å². The molecule has 1 heterocycles. The highest BCUT2D eigenvalue weighted by Crippen LogP contribution is 2.31. The van der Waals surface area contributed by atoms with Gasteiger partial charge in [-0.15, -0.1) is 11.8 Å². The van der Waals surface area contributed by atoms with E-state index in [4.69, 9.17) is 9.47 Å². The van der Waals surface area contributed by atoms with Crippen molar-refractivity contribution >= 4 is 35.1 Å². The van der Waals surface area contributed by atoms with Gasteiger partial charge in [-0.25, -0.2) is 4.98 Å². The first-order valence-electron chi connectivity index (χ1n) is 10.00. The summed E-state index contributed by atoms with van der Waals surface area (Å²) < 4.78 is 10.5. The average Bonchev–Trinajstić information content (AvgIpc) is 2.81. The van der Waals surface area contributed by atoms with Crippen molar-refractivity contribution in [3.8, 4) is 11.5 Å². The number of anilines is 1. The zero-order valence-electron chi connectivity index (χ0n) is 18.1. The summed E-state index contributed by atoms with van der Waals surface area (Å²) >= 11 is 2.84. The molecule has 3 aromatic rings. The minimum atomic E-state index is -0.443. The van der Waals surface area contributed by atoms with E-state index in [0.29, 0.717) is 40.2 Å². The Morgan fingerprint density at radius 1 is 1.12 bits per heavy atom. The van der Waals surface area contributed by atoms with Gasteiger partial charge < -0.3 is 19.8 Å². The molecule has 0 aliphatic carbocycles. The standard InChI is InChI=1S/C23H25N3O4S2/c1-4-20(22(28)25-18-11-10-16(29-2)13-19(18)30-3)32-23-24-15(12-21(27)26-23)14-31-17-8-6-5-7-9-17/h5-13,20H,4,14H2,1-3H3,(H,25,28)(H,24,26,27). The summed E-state index contributed by atoms with van der Waals surface area (Å²) in [7, 11) is 3.10. The lowest BCUT2D eigenvalue weighted by Gasteiger charge is -2.16. The number of ether oxygens (including phenoxy) is 2. The van der Waals surface area contributed by atoms with E-state index in [-0.39, 0.29) is 11.5 Å². The van der Waals surface area contributed by atoms with Gasteiger partial charge in [-0.2, -0.15) is 0 Å². The monoisotopic (exact) mass is 471 g/mol. The van der Waals surface area contributed by atoms with Crippen LogP contribution in [0.3, 0.4) is 0 Å². The van der Waals surface area contributed by atoms with Crippen LogP contribution in [-0.4, -0.2) is 35.3 Å². The average molecular weight is 472 g/mol. The number of carbonyl (C=O) groups is 1. The van der Waals surface area contributed by atoms with Gasteiger partial charge in [-0.3, -0.25) is 9.59 Å². The maximum atomic E-state index is 12.9. The molecule has 2 aromatic carbocycles. The second-order valence-electron chi connectivity index (χ2n) is 6.71. The van der Waals surface area contributed by atoms with Crippen LogP contribution in [0.2, 0.25) is 0 Å². The highest BCUT2D eigenvalue weighted by Gasteiger charge is 2.21. The van der Waals surface area contributed by atoms with E-state index in [1.54, 1.807) is 37.1 Å². The van der Waals surface area contributed by atoms with Crippen LogP contribution >= 0.6 is 23.5 Å². The minimum Gasteiger partial charge on any atom is -0.497 e. The fourth-order valence-electron chi connectivity index (χ4n) is 2.86. The maximum absolute atomic E-state index is 12.9. The molecule has 0 aliphatic rings. The summed E-state index contributed by atoms with van der Waals surface area (Å²) in [6, 6.07) is 16.6. The van der Waals surface area contributed by atoms with Gasteiger partial charge in [-0.1, -0.05) is 36.9 Å². The van der Waals surface area contributed by atoms with Crippen molar-refractivity contribution in [3.63, 3.8) is 0 Å². The van der Waals surface area contributed by atoms with Gasteiger partial charge in [0.2, 0.25) is 5.91 Å². The predicted octanol–water partition coefficient (Wildman–Crippen LogP) is 4.59. The second-order valence-corrected chi connectivity index (χ2v) is 8.95. The number of hydrogen-bond acceptors (Lipinski definition) is 7. The number of H-pyrrole nitrogens is 1. The summed E-state index contributed by atoms with van der Waals surface area (Å²) in [5.41, 5.74) is 0.974. The van der Waals surface area contributed by atoms with E-state index in [0.717, 1.165) is 4.90 Å². The van der Waals surface area contributed by atoms with Crippen molar-refractivity contribution in [2.75, 3.05) is 19.5 Å². The van der Waals surface area contributed by atoms with E-state index in [2.05, 4.69) is 15.3 Å². The van der Waals surface area contributed by atoms with Crippen molar-refractivity contribution in [2.45, 2.75) is 34.4 Å². The Kier molecular flexibility index (Phi) is 8.64. The molecule has 0 bridgehead atoms. The largest absolute Gasteiger partial charge is 0.497 e. The number of amides is 1. The maximum Gasteiger partial charge on any atom is 0.251 e. The Hall–Kier alpha value is -2.91. The number of aromatic nitrogens is 2. The van der Waals surface area contributed by atoms with E-state index >= 15 is 0 Å². The molecule has 9 heteroatoms. The van der Waals surface area contributed by atoms with E-state index < -0.39 is 5.25 Å². The van der Waals surface area contributed by atoms with Gasteiger partial charge in [0.25, 0.3) is 5.56 Å². The summed E-state index contributed by atoms with van der Waals surface area (Å²) in [4.78, 5) is 33.4. The number of rotatable bonds is 10. The molecule has 1 unspecified atom stereocenters. The van der Waals surface area contributed by atoms with Gasteiger partial charge in [0.1, 0.15) is 11.5 Å². The van der Waals surface area contributed by atoms with Crippen LogP contribution in [0.4, 0.5) is 5.69 Å². The number of methoxy groups -OCH3 is 2. The molecule has 0 saturated carbocycles. The zero-order chi connectivity index (χ0) is 22.9. The van der Waals surface area contributed by atoms with E-state index in [1.165, 1.54) is 24.9 Å². The first-order chi connectivity index (χ1) is 15.5. The van der Waals surface area contributed by atoms with Crippen molar-refractivity contribution in [1.82, 2.24) is 9.97 Å². The van der Waals surface area contributed by atoms with E-state index in [9.17, 15) is 9.59 Å². The fourth-order valence-corrected chi connectivity index (χ4v) is 4.60. The molecule has 1 aromatic heterocycles. The van der Waals surface area contributed by atoms with Gasteiger partial charge in [0.05, 0.1) is 30.9 Å². The molecule has 2 N–H and O–H groups in total. The van der Waals surface area contributed by atoms with Gasteiger partial charge in [-0.05, 0) is 30.7 Å². The molecular weight excluding hydrogens is 446 g/mol. The lowest BCUT2D eigenvalue weighted by atomic mass is 10.2. The number of nitrogens with zero attached hydrogens (tertiary/aromatic N) is 1. The highest BCUT2D eigenvalue weighted by atomic mass is 32.2. The topological polar surface area (TPSA) is 93.3 Å². The van der Waals surface area contributed by atoms with Crippen molar-refractivity contribution in [2.24, 2.45) is 0 Å². The number of thioether (sulfide) groups is 2. The van der Waals surface area contributed by atoms with Gasteiger partial charge >= 0.3 is 0 Å².